The average molecular weight is 334 g/mol. The second kappa shape index (κ2) is 7.49. The number of carbonyl (C=O) groups excluding carboxylic acids is 2. The van der Waals surface area contributed by atoms with Gasteiger partial charge in [0.05, 0.1) is 13.2 Å². The summed E-state index contributed by atoms with van der Waals surface area (Å²) in [6.07, 6.45) is 1.46. The number of carboxylic acids is 1. The molecule has 0 aromatic heterocycles. The first-order valence-electron chi connectivity index (χ1n) is 7.42. The van der Waals surface area contributed by atoms with Gasteiger partial charge in [-0.25, -0.2) is 9.69 Å². The number of ether oxygens (including phenoxy) is 2. The average Bonchev–Trinajstić information content (AvgIpc) is 2.77. The number of imide groups is 1. The van der Waals surface area contributed by atoms with Crippen LogP contribution in [0.2, 0.25) is 0 Å². The van der Waals surface area contributed by atoms with Crippen molar-refractivity contribution >= 4 is 24.0 Å². The molecule has 0 spiro atoms. The van der Waals surface area contributed by atoms with Crippen LogP contribution in [0.4, 0.5) is 4.79 Å². The predicted octanol–water partition coefficient (Wildman–Crippen LogP) is 1.46. The summed E-state index contributed by atoms with van der Waals surface area (Å²) in [5.74, 6) is -0.850. The zero-order valence-corrected chi connectivity index (χ0v) is 13.4. The van der Waals surface area contributed by atoms with E-state index in [1.165, 1.54) is 6.08 Å². The van der Waals surface area contributed by atoms with Gasteiger partial charge in [0.25, 0.3) is 5.91 Å². The number of carbonyl (C=O) groups is 3. The first kappa shape index (κ1) is 17.3. The lowest BCUT2D eigenvalue weighted by Gasteiger charge is -2.11. The molecule has 0 saturated carbocycles. The first-order chi connectivity index (χ1) is 11.5. The molecule has 1 fully saturated rings. The van der Waals surface area contributed by atoms with Crippen molar-refractivity contribution < 1.29 is 29.0 Å². The number of nitrogens with zero attached hydrogens (tertiary/aromatic N) is 1. The van der Waals surface area contributed by atoms with Crippen LogP contribution in [0.1, 0.15) is 19.4 Å². The molecular weight excluding hydrogens is 316 g/mol. The van der Waals surface area contributed by atoms with Gasteiger partial charge < -0.3 is 19.9 Å². The van der Waals surface area contributed by atoms with Crippen LogP contribution in [0, 0.1) is 0 Å². The van der Waals surface area contributed by atoms with E-state index in [9.17, 15) is 14.4 Å². The standard InChI is InChI=1S/C16H18N2O6/c1-3-23-12-6-5-10(8-13(12)24-4-2)7-11-15(21)18(9-14(19)20)16(22)17-11/h5-8H,3-4,9H2,1-2H3,(H,17,22)(H,19,20)/b11-7+. The molecule has 1 aliphatic heterocycles. The zero-order chi connectivity index (χ0) is 17.7. The number of hydrogen-bond donors (Lipinski definition) is 2. The van der Waals surface area contributed by atoms with Crippen molar-refractivity contribution in [2.75, 3.05) is 19.8 Å². The van der Waals surface area contributed by atoms with Gasteiger partial charge in [0.15, 0.2) is 11.5 Å². The number of carboxylic acid groups (broad SMARTS) is 1. The minimum atomic E-state index is -1.26. The molecule has 1 aliphatic rings. The van der Waals surface area contributed by atoms with Crippen molar-refractivity contribution in [3.8, 4) is 11.5 Å². The lowest BCUT2D eigenvalue weighted by molar-refractivity contribution is -0.140. The molecule has 128 valence electrons. The highest BCUT2D eigenvalue weighted by atomic mass is 16.5. The molecular formula is C16H18N2O6. The van der Waals surface area contributed by atoms with Crippen molar-refractivity contribution in [1.29, 1.82) is 0 Å². The molecule has 1 aromatic carbocycles. The molecule has 1 aromatic rings. The van der Waals surface area contributed by atoms with Crippen LogP contribution in [0.3, 0.4) is 0 Å². The van der Waals surface area contributed by atoms with Gasteiger partial charge in [-0.2, -0.15) is 0 Å². The number of amides is 3. The van der Waals surface area contributed by atoms with Crippen molar-refractivity contribution in [1.82, 2.24) is 10.2 Å². The van der Waals surface area contributed by atoms with Crippen molar-refractivity contribution in [3.05, 3.63) is 29.5 Å². The van der Waals surface area contributed by atoms with Crippen LogP contribution in [-0.2, 0) is 9.59 Å². The summed E-state index contributed by atoms with van der Waals surface area (Å²) in [6, 6.07) is 4.34. The third-order valence-corrected chi connectivity index (χ3v) is 3.13. The maximum Gasteiger partial charge on any atom is 0.329 e. The van der Waals surface area contributed by atoms with Gasteiger partial charge in [-0.1, -0.05) is 6.07 Å². The fourth-order valence-electron chi connectivity index (χ4n) is 2.17. The Balaban J connectivity index is 2.27. The van der Waals surface area contributed by atoms with E-state index in [1.807, 2.05) is 13.8 Å². The highest BCUT2D eigenvalue weighted by molar-refractivity contribution is 6.15. The van der Waals surface area contributed by atoms with Gasteiger partial charge >= 0.3 is 12.0 Å². The molecule has 0 radical (unpaired) electrons. The molecule has 3 amide bonds. The van der Waals surface area contributed by atoms with E-state index in [1.54, 1.807) is 18.2 Å². The summed E-state index contributed by atoms with van der Waals surface area (Å²) < 4.78 is 11.0. The summed E-state index contributed by atoms with van der Waals surface area (Å²) >= 11 is 0. The van der Waals surface area contributed by atoms with Crippen LogP contribution in [0.5, 0.6) is 11.5 Å². The number of hydrogen-bond acceptors (Lipinski definition) is 5. The molecule has 24 heavy (non-hydrogen) atoms. The normalized spacial score (nSPS) is 15.6. The maximum atomic E-state index is 12.1. The Hall–Kier alpha value is -3.03. The Labute approximate surface area is 138 Å². The third-order valence-electron chi connectivity index (χ3n) is 3.13. The second-order valence-corrected chi connectivity index (χ2v) is 4.85. The molecule has 0 unspecified atom stereocenters. The number of urea groups is 1. The van der Waals surface area contributed by atoms with Crippen LogP contribution in [-0.4, -0.2) is 47.7 Å². The predicted molar refractivity (Wildman–Crippen MR) is 84.6 cm³/mol. The molecule has 2 rings (SSSR count). The molecule has 8 heteroatoms. The number of rotatable bonds is 7. The molecule has 0 bridgehead atoms. The largest absolute Gasteiger partial charge is 0.490 e. The van der Waals surface area contributed by atoms with E-state index in [0.29, 0.717) is 35.2 Å². The Morgan fingerprint density at radius 1 is 1.21 bits per heavy atom. The molecule has 2 N–H and O–H groups in total. The van der Waals surface area contributed by atoms with E-state index in [4.69, 9.17) is 14.6 Å². The van der Waals surface area contributed by atoms with E-state index < -0.39 is 24.5 Å². The molecule has 8 nitrogen and oxygen atoms in total. The van der Waals surface area contributed by atoms with Crippen LogP contribution < -0.4 is 14.8 Å². The Morgan fingerprint density at radius 2 is 1.88 bits per heavy atom. The minimum absolute atomic E-state index is 0.00728. The van der Waals surface area contributed by atoms with Crippen molar-refractivity contribution in [3.63, 3.8) is 0 Å². The smallest absolute Gasteiger partial charge is 0.329 e. The van der Waals surface area contributed by atoms with E-state index >= 15 is 0 Å². The second-order valence-electron chi connectivity index (χ2n) is 4.85. The zero-order valence-electron chi connectivity index (χ0n) is 13.4. The summed E-state index contributed by atoms with van der Waals surface area (Å²) in [5.41, 5.74) is 0.621. The highest BCUT2D eigenvalue weighted by Crippen LogP contribution is 2.29. The monoisotopic (exact) mass is 334 g/mol. The fraction of sp³-hybridized carbons (Fsp3) is 0.312. The molecule has 0 atom stereocenters. The minimum Gasteiger partial charge on any atom is -0.490 e. The summed E-state index contributed by atoms with van der Waals surface area (Å²) in [7, 11) is 0. The SMILES string of the molecule is CCOc1ccc(/C=C2/NC(=O)N(CC(=O)O)C2=O)cc1OCC. The lowest BCUT2D eigenvalue weighted by Crippen LogP contribution is -2.35. The number of benzene rings is 1. The van der Waals surface area contributed by atoms with Crippen molar-refractivity contribution in [2.24, 2.45) is 0 Å². The van der Waals surface area contributed by atoms with Crippen molar-refractivity contribution in [2.45, 2.75) is 13.8 Å². The Bertz CT molecular complexity index is 698. The lowest BCUT2D eigenvalue weighted by atomic mass is 10.1. The Kier molecular flexibility index (Phi) is 5.41. The highest BCUT2D eigenvalue weighted by Gasteiger charge is 2.34. The van der Waals surface area contributed by atoms with E-state index in [0.717, 1.165) is 0 Å². The van der Waals surface area contributed by atoms with Crippen LogP contribution in [0.25, 0.3) is 6.08 Å². The van der Waals surface area contributed by atoms with Gasteiger partial charge in [-0.05, 0) is 37.6 Å². The van der Waals surface area contributed by atoms with Gasteiger partial charge in [-0.15, -0.1) is 0 Å². The summed E-state index contributed by atoms with van der Waals surface area (Å²) in [5, 5.41) is 11.1. The van der Waals surface area contributed by atoms with Gasteiger partial charge in [-0.3, -0.25) is 9.59 Å². The maximum absolute atomic E-state index is 12.1. The topological polar surface area (TPSA) is 105 Å². The summed E-state index contributed by atoms with van der Waals surface area (Å²) in [4.78, 5) is 35.1. The molecule has 1 heterocycles. The van der Waals surface area contributed by atoms with E-state index in [2.05, 4.69) is 5.32 Å². The fourth-order valence-corrected chi connectivity index (χ4v) is 2.17. The Morgan fingerprint density at radius 3 is 2.50 bits per heavy atom. The quantitative estimate of drug-likeness (QED) is 0.578. The molecule has 1 saturated heterocycles. The third kappa shape index (κ3) is 3.83. The van der Waals surface area contributed by atoms with Gasteiger partial charge in [0.2, 0.25) is 0 Å². The summed E-state index contributed by atoms with van der Waals surface area (Å²) in [6.45, 7) is 3.94. The van der Waals surface area contributed by atoms with Crippen LogP contribution >= 0.6 is 0 Å². The van der Waals surface area contributed by atoms with Gasteiger partial charge in [0, 0.05) is 0 Å². The van der Waals surface area contributed by atoms with Crippen LogP contribution in [0.15, 0.2) is 23.9 Å². The number of nitrogens with one attached hydrogen (secondary N) is 1. The first-order valence-corrected chi connectivity index (χ1v) is 7.42. The van der Waals surface area contributed by atoms with Gasteiger partial charge in [0.1, 0.15) is 12.2 Å². The number of aliphatic carboxylic acids is 1. The van der Waals surface area contributed by atoms with E-state index in [-0.39, 0.29) is 5.70 Å². The molecule has 0 aliphatic carbocycles.